The summed E-state index contributed by atoms with van der Waals surface area (Å²) in [6.45, 7) is 1.32. The van der Waals surface area contributed by atoms with Crippen LogP contribution in [0.15, 0.2) is 72.8 Å². The molecular weight excluding hydrogens is 374 g/mol. The molecule has 3 rings (SSSR count). The second-order valence-electron chi connectivity index (χ2n) is 6.39. The van der Waals surface area contributed by atoms with Gasteiger partial charge in [-0.25, -0.2) is 0 Å². The molecule has 0 unspecified atom stereocenters. The Morgan fingerprint density at radius 2 is 1.64 bits per heavy atom. The number of aliphatic hydroxyl groups is 1. The maximum atomic E-state index is 10.3. The van der Waals surface area contributed by atoms with Crippen LogP contribution in [0.4, 0.5) is 0 Å². The molecule has 0 aromatic heterocycles. The van der Waals surface area contributed by atoms with Crippen molar-refractivity contribution in [2.75, 3.05) is 13.7 Å². The zero-order valence-corrected chi connectivity index (χ0v) is 16.5. The molecule has 0 aliphatic carbocycles. The van der Waals surface area contributed by atoms with E-state index in [-0.39, 0.29) is 0 Å². The highest BCUT2D eigenvalue weighted by Gasteiger charge is 2.13. The smallest absolute Gasteiger partial charge is 0.166 e. The molecule has 146 valence electrons. The first kappa shape index (κ1) is 20.2. The van der Waals surface area contributed by atoms with Crippen molar-refractivity contribution in [3.8, 4) is 11.5 Å². The fourth-order valence-corrected chi connectivity index (χ4v) is 3.12. The molecule has 0 amide bonds. The Labute approximate surface area is 170 Å². The monoisotopic (exact) mass is 397 g/mol. The lowest BCUT2D eigenvalue weighted by atomic mass is 10.1. The Morgan fingerprint density at radius 3 is 2.39 bits per heavy atom. The second-order valence-corrected chi connectivity index (χ2v) is 6.79. The molecule has 0 aliphatic rings. The van der Waals surface area contributed by atoms with Gasteiger partial charge in [0.15, 0.2) is 11.5 Å². The maximum Gasteiger partial charge on any atom is 0.166 e. The van der Waals surface area contributed by atoms with Gasteiger partial charge in [-0.1, -0.05) is 72.3 Å². The third-order valence-electron chi connectivity index (χ3n) is 4.45. The molecule has 4 nitrogen and oxygen atoms in total. The lowest BCUT2D eigenvalue weighted by molar-refractivity contribution is 0.174. The highest BCUT2D eigenvalue weighted by Crippen LogP contribution is 2.32. The third kappa shape index (κ3) is 5.26. The number of hydrogen-bond donors (Lipinski definition) is 2. The van der Waals surface area contributed by atoms with Gasteiger partial charge in [-0.05, 0) is 17.7 Å². The van der Waals surface area contributed by atoms with E-state index in [1.807, 2.05) is 72.8 Å². The second kappa shape index (κ2) is 10.1. The van der Waals surface area contributed by atoms with Gasteiger partial charge in [0.05, 0.1) is 13.2 Å². The van der Waals surface area contributed by atoms with Gasteiger partial charge in [0.2, 0.25) is 0 Å². The molecular formula is C23H24ClNO3. The Bertz CT molecular complexity index is 886. The van der Waals surface area contributed by atoms with Crippen molar-refractivity contribution < 1.29 is 14.6 Å². The first-order valence-electron chi connectivity index (χ1n) is 9.15. The first-order chi connectivity index (χ1) is 13.7. The van der Waals surface area contributed by atoms with Crippen molar-refractivity contribution in [1.29, 1.82) is 0 Å². The van der Waals surface area contributed by atoms with E-state index >= 15 is 0 Å². The van der Waals surface area contributed by atoms with Gasteiger partial charge in [0, 0.05) is 29.2 Å². The molecule has 28 heavy (non-hydrogen) atoms. The average Bonchev–Trinajstić information content (AvgIpc) is 2.74. The molecule has 0 heterocycles. The largest absolute Gasteiger partial charge is 0.493 e. The number of methoxy groups -OCH3 is 1. The number of para-hydroxylation sites is 1. The summed E-state index contributed by atoms with van der Waals surface area (Å²) in [5.41, 5.74) is 2.75. The number of ether oxygens (including phenoxy) is 2. The molecule has 0 fully saturated rings. The van der Waals surface area contributed by atoms with Gasteiger partial charge in [-0.2, -0.15) is 0 Å². The Balaban J connectivity index is 1.66. The molecule has 0 spiro atoms. The van der Waals surface area contributed by atoms with Crippen LogP contribution < -0.4 is 14.8 Å². The van der Waals surface area contributed by atoms with Gasteiger partial charge in [-0.3, -0.25) is 0 Å². The number of rotatable bonds is 9. The fourth-order valence-electron chi connectivity index (χ4n) is 2.93. The lowest BCUT2D eigenvalue weighted by Crippen LogP contribution is -2.21. The molecule has 1 atom stereocenters. The molecule has 0 radical (unpaired) electrons. The molecule has 0 bridgehead atoms. The van der Waals surface area contributed by atoms with E-state index in [9.17, 15) is 5.11 Å². The summed E-state index contributed by atoms with van der Waals surface area (Å²) < 4.78 is 11.5. The maximum absolute atomic E-state index is 10.3. The van der Waals surface area contributed by atoms with Crippen LogP contribution in [0.1, 0.15) is 22.8 Å². The van der Waals surface area contributed by atoms with Crippen molar-refractivity contribution in [1.82, 2.24) is 5.32 Å². The predicted octanol–water partition coefficient (Wildman–Crippen LogP) is 4.75. The van der Waals surface area contributed by atoms with Crippen LogP contribution in [0.25, 0.3) is 0 Å². The summed E-state index contributed by atoms with van der Waals surface area (Å²) >= 11 is 6.23. The Kier molecular flexibility index (Phi) is 7.31. The van der Waals surface area contributed by atoms with Crippen molar-refractivity contribution >= 4 is 11.6 Å². The highest BCUT2D eigenvalue weighted by atomic mass is 35.5. The van der Waals surface area contributed by atoms with Crippen LogP contribution in [-0.2, 0) is 13.2 Å². The van der Waals surface area contributed by atoms with Crippen LogP contribution in [0.5, 0.6) is 11.5 Å². The third-order valence-corrected chi connectivity index (χ3v) is 4.82. The quantitative estimate of drug-likeness (QED) is 0.547. The lowest BCUT2D eigenvalue weighted by Gasteiger charge is -2.17. The van der Waals surface area contributed by atoms with E-state index in [1.54, 1.807) is 7.11 Å². The predicted molar refractivity (Wildman–Crippen MR) is 112 cm³/mol. The summed E-state index contributed by atoms with van der Waals surface area (Å²) in [6, 6.07) is 23.0. The van der Waals surface area contributed by atoms with Crippen LogP contribution in [0, 0.1) is 0 Å². The molecule has 0 aliphatic heterocycles. The van der Waals surface area contributed by atoms with Gasteiger partial charge in [-0.15, -0.1) is 0 Å². The molecule has 2 N–H and O–H groups in total. The van der Waals surface area contributed by atoms with E-state index in [0.717, 1.165) is 16.7 Å². The van der Waals surface area contributed by atoms with Gasteiger partial charge in [0.25, 0.3) is 0 Å². The molecule has 0 saturated carbocycles. The summed E-state index contributed by atoms with van der Waals surface area (Å²) in [6.07, 6.45) is -0.570. The Hall–Kier alpha value is -2.53. The van der Waals surface area contributed by atoms with Crippen LogP contribution in [-0.4, -0.2) is 18.8 Å². The minimum absolute atomic E-state index is 0.347. The van der Waals surface area contributed by atoms with E-state index in [2.05, 4.69) is 5.32 Å². The van der Waals surface area contributed by atoms with Crippen LogP contribution in [0.3, 0.4) is 0 Å². The highest BCUT2D eigenvalue weighted by molar-refractivity contribution is 6.31. The SMILES string of the molecule is COc1cccc(CNC[C@H](O)c2ccccc2)c1OCc1ccccc1Cl. The van der Waals surface area contributed by atoms with Crippen molar-refractivity contribution in [2.24, 2.45) is 0 Å². The molecule has 3 aromatic rings. The number of halogens is 1. The normalized spacial score (nSPS) is 11.8. The number of nitrogens with one attached hydrogen (secondary N) is 1. The van der Waals surface area contributed by atoms with E-state index < -0.39 is 6.10 Å². The molecule has 5 heteroatoms. The van der Waals surface area contributed by atoms with Gasteiger partial charge >= 0.3 is 0 Å². The van der Waals surface area contributed by atoms with E-state index in [4.69, 9.17) is 21.1 Å². The molecule has 0 saturated heterocycles. The standard InChI is InChI=1S/C23H24ClNO3/c1-27-22-13-7-11-18(14-25-15-21(26)17-8-3-2-4-9-17)23(22)28-16-19-10-5-6-12-20(19)24/h2-13,21,25-26H,14-16H2,1H3/t21-/m0/s1. The van der Waals surface area contributed by atoms with Gasteiger partial charge < -0.3 is 19.9 Å². The van der Waals surface area contributed by atoms with Crippen molar-refractivity contribution in [2.45, 2.75) is 19.3 Å². The summed E-state index contributed by atoms with van der Waals surface area (Å²) in [5.74, 6) is 1.33. The average molecular weight is 398 g/mol. The minimum atomic E-state index is -0.570. The fraction of sp³-hybridized carbons (Fsp3) is 0.217. The van der Waals surface area contributed by atoms with Crippen LogP contribution in [0.2, 0.25) is 5.02 Å². The number of hydrogen-bond acceptors (Lipinski definition) is 4. The summed E-state index contributed by atoms with van der Waals surface area (Å²) in [4.78, 5) is 0. The zero-order valence-electron chi connectivity index (χ0n) is 15.8. The van der Waals surface area contributed by atoms with Gasteiger partial charge in [0.1, 0.15) is 6.61 Å². The van der Waals surface area contributed by atoms with Crippen molar-refractivity contribution in [3.05, 3.63) is 94.5 Å². The zero-order chi connectivity index (χ0) is 19.8. The van der Waals surface area contributed by atoms with E-state index in [1.165, 1.54) is 0 Å². The minimum Gasteiger partial charge on any atom is -0.493 e. The van der Waals surface area contributed by atoms with Crippen LogP contribution >= 0.6 is 11.6 Å². The summed E-state index contributed by atoms with van der Waals surface area (Å²) in [7, 11) is 1.62. The van der Waals surface area contributed by atoms with E-state index in [0.29, 0.717) is 36.2 Å². The number of benzene rings is 3. The topological polar surface area (TPSA) is 50.7 Å². The Morgan fingerprint density at radius 1 is 0.929 bits per heavy atom. The summed E-state index contributed by atoms with van der Waals surface area (Å²) in [5, 5.41) is 14.3. The first-order valence-corrected chi connectivity index (χ1v) is 9.52. The number of aliphatic hydroxyl groups excluding tert-OH is 1. The molecule has 3 aromatic carbocycles. The van der Waals surface area contributed by atoms with Crippen molar-refractivity contribution in [3.63, 3.8) is 0 Å².